The number of aromatic carboxylic acids is 1. The molecule has 0 aromatic carbocycles. The maximum absolute atomic E-state index is 14.2. The Labute approximate surface area is 256 Å². The first-order chi connectivity index (χ1) is 19.7. The van der Waals surface area contributed by atoms with E-state index in [0.717, 1.165) is 62.3 Å². The molecule has 2 aliphatic carbocycles. The van der Waals surface area contributed by atoms with Gasteiger partial charge in [-0.05, 0) is 74.8 Å². The minimum Gasteiger partial charge on any atom is -0.478 e. The molecular formula is C32H49N3O5SSi. The maximum atomic E-state index is 14.2. The summed E-state index contributed by atoms with van der Waals surface area (Å²) in [4.78, 5) is 38.5. The first kappa shape index (κ1) is 32.5. The van der Waals surface area contributed by atoms with Gasteiger partial charge >= 0.3 is 12.0 Å². The van der Waals surface area contributed by atoms with Crippen molar-refractivity contribution in [3.05, 3.63) is 28.1 Å². The van der Waals surface area contributed by atoms with Crippen LogP contribution in [0.5, 0.6) is 11.9 Å². The number of nitrogens with zero attached hydrogens (tertiary/aromatic N) is 3. The standard InChI is InChI=1S/C32H49N3O5SSi/c1-21-8-10-22(11-9-21)29(36)35(25-20-26(32(2,3)4)41-28(25)30(37)38)23-12-14-24(15-13-23)40-31-33-17-16-27(34-31)39-18-19-42(5,6)7/h16-17,20-24H,8-15,18-19H2,1-7H3,(H,37,38)/t21-,22-,23-,24-. The van der Waals surface area contributed by atoms with Crippen molar-refractivity contribution in [1.29, 1.82) is 0 Å². The van der Waals surface area contributed by atoms with E-state index in [0.29, 0.717) is 30.1 Å². The summed E-state index contributed by atoms with van der Waals surface area (Å²) in [5, 5.41) is 10.2. The predicted molar refractivity (Wildman–Crippen MR) is 171 cm³/mol. The van der Waals surface area contributed by atoms with Crippen LogP contribution in [-0.2, 0) is 10.2 Å². The Morgan fingerprint density at radius 1 is 1.07 bits per heavy atom. The molecule has 2 saturated carbocycles. The van der Waals surface area contributed by atoms with Gasteiger partial charge in [0.15, 0.2) is 0 Å². The topological polar surface area (TPSA) is 102 Å². The second kappa shape index (κ2) is 13.5. The van der Waals surface area contributed by atoms with Gasteiger partial charge in [0.1, 0.15) is 11.0 Å². The van der Waals surface area contributed by atoms with Gasteiger partial charge in [-0.2, -0.15) is 4.98 Å². The van der Waals surface area contributed by atoms with Crippen molar-refractivity contribution in [2.75, 3.05) is 11.5 Å². The van der Waals surface area contributed by atoms with Gasteiger partial charge in [-0.15, -0.1) is 11.3 Å². The van der Waals surface area contributed by atoms with Crippen LogP contribution < -0.4 is 14.4 Å². The van der Waals surface area contributed by atoms with Crippen LogP contribution in [-0.4, -0.2) is 53.8 Å². The lowest BCUT2D eigenvalue weighted by Gasteiger charge is -2.39. The number of rotatable bonds is 10. The molecule has 2 aromatic rings. The Morgan fingerprint density at radius 2 is 1.74 bits per heavy atom. The number of carbonyl (C=O) groups is 2. The quantitative estimate of drug-likeness (QED) is 0.272. The lowest BCUT2D eigenvalue weighted by molar-refractivity contribution is -0.124. The highest BCUT2D eigenvalue weighted by atomic mass is 32.1. The average Bonchev–Trinajstić information content (AvgIpc) is 3.36. The number of hydrogen-bond acceptors (Lipinski definition) is 7. The molecule has 1 N–H and O–H groups in total. The van der Waals surface area contributed by atoms with E-state index in [4.69, 9.17) is 9.47 Å². The number of carbonyl (C=O) groups excluding carboxylic acids is 1. The molecule has 2 aromatic heterocycles. The zero-order chi connectivity index (χ0) is 30.7. The Morgan fingerprint density at radius 3 is 2.33 bits per heavy atom. The number of thiophene rings is 1. The van der Waals surface area contributed by atoms with Gasteiger partial charge < -0.3 is 19.5 Å². The predicted octanol–water partition coefficient (Wildman–Crippen LogP) is 7.80. The van der Waals surface area contributed by atoms with Crippen molar-refractivity contribution in [3.8, 4) is 11.9 Å². The van der Waals surface area contributed by atoms with Gasteiger partial charge in [-0.3, -0.25) is 4.79 Å². The fourth-order valence-electron chi connectivity index (χ4n) is 5.78. The van der Waals surface area contributed by atoms with E-state index in [-0.39, 0.29) is 34.3 Å². The van der Waals surface area contributed by atoms with Crippen molar-refractivity contribution < 1.29 is 24.2 Å². The van der Waals surface area contributed by atoms with Gasteiger partial charge in [-0.25, -0.2) is 9.78 Å². The van der Waals surface area contributed by atoms with Crippen molar-refractivity contribution in [3.63, 3.8) is 0 Å². The molecule has 0 radical (unpaired) electrons. The molecule has 0 atom stereocenters. The van der Waals surface area contributed by atoms with Crippen LogP contribution in [0.4, 0.5) is 5.69 Å². The lowest BCUT2D eigenvalue weighted by atomic mass is 9.81. The van der Waals surface area contributed by atoms with Crippen LogP contribution in [0, 0.1) is 11.8 Å². The Hall–Kier alpha value is -2.46. The molecule has 0 aliphatic heterocycles. The normalized spacial score (nSPS) is 23.3. The third-order valence-corrected chi connectivity index (χ3v) is 11.7. The van der Waals surface area contributed by atoms with Crippen molar-refractivity contribution in [1.82, 2.24) is 9.97 Å². The molecule has 232 valence electrons. The van der Waals surface area contributed by atoms with E-state index < -0.39 is 14.0 Å². The van der Waals surface area contributed by atoms with Crippen LogP contribution in [0.2, 0.25) is 25.7 Å². The van der Waals surface area contributed by atoms with Crippen LogP contribution >= 0.6 is 11.3 Å². The maximum Gasteiger partial charge on any atom is 0.348 e. The molecule has 2 fully saturated rings. The van der Waals surface area contributed by atoms with Gasteiger partial charge in [0.2, 0.25) is 11.8 Å². The SMILES string of the molecule is CC(C)(C)c1cc(N(C(=O)[C@H]2CC[C@H](C)CC2)[C@H]2CC[C@H](Oc3nccc(OCC[Si](C)(C)C)n3)CC2)c(C(=O)O)s1. The summed E-state index contributed by atoms with van der Waals surface area (Å²) in [5.74, 6) is 0.204. The summed E-state index contributed by atoms with van der Waals surface area (Å²) in [6.45, 7) is 16.1. The first-order valence-corrected chi connectivity index (χ1v) is 20.1. The summed E-state index contributed by atoms with van der Waals surface area (Å²) < 4.78 is 12.1. The van der Waals surface area contributed by atoms with E-state index in [9.17, 15) is 14.7 Å². The van der Waals surface area contributed by atoms with Gasteiger partial charge in [0.05, 0.1) is 12.3 Å². The average molecular weight is 616 g/mol. The van der Waals surface area contributed by atoms with E-state index in [1.165, 1.54) is 11.3 Å². The van der Waals surface area contributed by atoms with E-state index in [1.54, 1.807) is 12.3 Å². The zero-order valence-electron chi connectivity index (χ0n) is 26.4. The largest absolute Gasteiger partial charge is 0.478 e. The van der Waals surface area contributed by atoms with Crippen LogP contribution in [0.1, 0.15) is 93.6 Å². The minimum atomic E-state index is -1.20. The first-order valence-electron chi connectivity index (χ1n) is 15.5. The number of amides is 1. The summed E-state index contributed by atoms with van der Waals surface area (Å²) >= 11 is 1.30. The third kappa shape index (κ3) is 8.55. The molecule has 42 heavy (non-hydrogen) atoms. The Kier molecular flexibility index (Phi) is 10.4. The molecule has 8 nitrogen and oxygen atoms in total. The summed E-state index contributed by atoms with van der Waals surface area (Å²) in [6.07, 6.45) is 8.32. The molecule has 0 bridgehead atoms. The number of anilines is 1. The fraction of sp³-hybridized carbons (Fsp3) is 0.688. The van der Waals surface area contributed by atoms with E-state index in [2.05, 4.69) is 57.3 Å². The Bertz CT molecular complexity index is 1220. The van der Waals surface area contributed by atoms with Gasteiger partial charge in [0, 0.05) is 37.2 Å². The van der Waals surface area contributed by atoms with Crippen molar-refractivity contribution in [2.24, 2.45) is 11.8 Å². The number of carboxylic acids is 1. The summed E-state index contributed by atoms with van der Waals surface area (Å²) in [5.41, 5.74) is 0.359. The van der Waals surface area contributed by atoms with E-state index in [1.807, 2.05) is 11.0 Å². The van der Waals surface area contributed by atoms with E-state index >= 15 is 0 Å². The third-order valence-electron chi connectivity index (χ3n) is 8.50. The lowest BCUT2D eigenvalue weighted by Crippen LogP contribution is -2.47. The highest BCUT2D eigenvalue weighted by Gasteiger charge is 2.38. The van der Waals surface area contributed by atoms with Gasteiger partial charge in [0.25, 0.3) is 0 Å². The van der Waals surface area contributed by atoms with Crippen molar-refractivity contribution >= 4 is 37.0 Å². The van der Waals surface area contributed by atoms with Crippen LogP contribution in [0.15, 0.2) is 18.3 Å². The Balaban J connectivity index is 1.49. The second-order valence-electron chi connectivity index (χ2n) is 14.4. The molecule has 2 aliphatic rings. The second-order valence-corrected chi connectivity index (χ2v) is 21.1. The minimum absolute atomic E-state index is 0.0631. The number of carboxylic acid groups (broad SMARTS) is 1. The molecule has 4 rings (SSSR count). The van der Waals surface area contributed by atoms with Gasteiger partial charge in [-0.1, -0.05) is 47.3 Å². The fourth-order valence-corrected chi connectivity index (χ4v) is 7.54. The van der Waals surface area contributed by atoms with Crippen LogP contribution in [0.25, 0.3) is 0 Å². The summed E-state index contributed by atoms with van der Waals surface area (Å²) in [6, 6.07) is 5.01. The van der Waals surface area contributed by atoms with Crippen LogP contribution in [0.3, 0.4) is 0 Å². The smallest absolute Gasteiger partial charge is 0.348 e. The molecule has 0 spiro atoms. The molecular weight excluding hydrogens is 567 g/mol. The molecule has 0 unspecified atom stereocenters. The molecule has 10 heteroatoms. The molecule has 1 amide bonds. The van der Waals surface area contributed by atoms with Crippen molar-refractivity contribution in [2.45, 2.75) is 122 Å². The summed E-state index contributed by atoms with van der Waals surface area (Å²) in [7, 11) is -1.20. The highest BCUT2D eigenvalue weighted by molar-refractivity contribution is 7.14. The molecule has 2 heterocycles. The highest BCUT2D eigenvalue weighted by Crippen LogP contribution is 2.42. The number of aromatic nitrogens is 2. The molecule has 0 saturated heterocycles. The monoisotopic (exact) mass is 615 g/mol. The zero-order valence-corrected chi connectivity index (χ0v) is 28.3. The number of ether oxygens (including phenoxy) is 2. The number of hydrogen-bond donors (Lipinski definition) is 1.